The average molecular weight is 404 g/mol. The summed E-state index contributed by atoms with van der Waals surface area (Å²) >= 11 is 0. The van der Waals surface area contributed by atoms with Gasteiger partial charge in [0.2, 0.25) is 0 Å². The molecule has 2 saturated heterocycles. The van der Waals surface area contributed by atoms with Gasteiger partial charge in [0.15, 0.2) is 5.82 Å². The van der Waals surface area contributed by atoms with Crippen molar-refractivity contribution < 1.29 is 9.53 Å². The van der Waals surface area contributed by atoms with Crippen molar-refractivity contribution in [2.45, 2.75) is 89.7 Å². The molecule has 1 aromatic heterocycles. The number of rotatable bonds is 4. The molecule has 1 unspecified atom stereocenters. The number of hydrogen-bond donors (Lipinski definition) is 1. The maximum atomic E-state index is 12.3. The minimum absolute atomic E-state index is 0.173. The smallest absolute Gasteiger partial charge is 0.410 e. The van der Waals surface area contributed by atoms with Crippen molar-refractivity contribution in [1.82, 2.24) is 25.0 Å². The Kier molecular flexibility index (Phi) is 6.13. The van der Waals surface area contributed by atoms with E-state index < -0.39 is 5.60 Å². The van der Waals surface area contributed by atoms with Crippen LogP contribution in [-0.2, 0) is 11.2 Å². The number of hydrogen-bond acceptors (Lipinski definition) is 5. The lowest BCUT2D eigenvalue weighted by molar-refractivity contribution is 0.0123. The minimum Gasteiger partial charge on any atom is -0.444 e. The van der Waals surface area contributed by atoms with E-state index in [2.05, 4.69) is 15.1 Å². The molecule has 1 saturated carbocycles. The Balaban J connectivity index is 1.27. The Morgan fingerprint density at radius 2 is 1.86 bits per heavy atom. The van der Waals surface area contributed by atoms with Crippen LogP contribution in [0.25, 0.3) is 0 Å². The Morgan fingerprint density at radius 1 is 1.10 bits per heavy atom. The van der Waals surface area contributed by atoms with Gasteiger partial charge in [0.1, 0.15) is 11.4 Å². The first kappa shape index (κ1) is 20.6. The molecule has 1 N–H and O–H groups in total. The van der Waals surface area contributed by atoms with E-state index in [0.29, 0.717) is 12.0 Å². The Morgan fingerprint density at radius 3 is 2.52 bits per heavy atom. The first-order chi connectivity index (χ1) is 13.9. The van der Waals surface area contributed by atoms with Crippen LogP contribution in [0.4, 0.5) is 4.79 Å². The lowest BCUT2D eigenvalue weighted by Gasteiger charge is -2.42. The monoisotopic (exact) mass is 403 g/mol. The highest BCUT2D eigenvalue weighted by atomic mass is 16.6. The summed E-state index contributed by atoms with van der Waals surface area (Å²) in [6.45, 7) is 9.54. The van der Waals surface area contributed by atoms with Gasteiger partial charge in [-0.3, -0.25) is 10.00 Å². The molecule has 0 bridgehead atoms. The van der Waals surface area contributed by atoms with E-state index >= 15 is 0 Å². The first-order valence-electron chi connectivity index (χ1n) is 11.5. The van der Waals surface area contributed by atoms with Gasteiger partial charge < -0.3 is 9.64 Å². The summed E-state index contributed by atoms with van der Waals surface area (Å²) in [6, 6.07) is 0.550. The van der Waals surface area contributed by atoms with Gasteiger partial charge in [-0.2, -0.15) is 5.10 Å². The van der Waals surface area contributed by atoms with E-state index in [4.69, 9.17) is 9.72 Å². The lowest BCUT2D eigenvalue weighted by atomic mass is 9.83. The number of aromatic amines is 1. The zero-order chi connectivity index (χ0) is 20.4. The number of carbonyl (C=O) groups is 1. The van der Waals surface area contributed by atoms with Crippen molar-refractivity contribution in [1.29, 1.82) is 0 Å². The van der Waals surface area contributed by atoms with Crippen LogP contribution in [0, 0.1) is 5.92 Å². The van der Waals surface area contributed by atoms with Crippen molar-refractivity contribution >= 4 is 6.09 Å². The maximum absolute atomic E-state index is 12.3. The zero-order valence-corrected chi connectivity index (χ0v) is 18.3. The second-order valence-electron chi connectivity index (χ2n) is 10.2. The minimum atomic E-state index is -0.428. The largest absolute Gasteiger partial charge is 0.444 e. The molecule has 7 nitrogen and oxygen atoms in total. The standard InChI is InChI=1S/C22H37N5O2/c1-22(2,3)29-21(28)26-12-9-18(10-13-26)27-11-5-8-17(15-27)20-23-19(24-25-20)14-16-6-4-7-16/h16-18H,4-15H2,1-3H3,(H,23,24,25). The number of H-pyrrole nitrogens is 1. The highest BCUT2D eigenvalue weighted by Crippen LogP contribution is 2.31. The van der Waals surface area contributed by atoms with Crippen LogP contribution in [0.1, 0.15) is 83.3 Å². The summed E-state index contributed by atoms with van der Waals surface area (Å²) in [5.41, 5.74) is -0.428. The fourth-order valence-electron chi connectivity index (χ4n) is 4.84. The number of amides is 1. The first-order valence-corrected chi connectivity index (χ1v) is 11.5. The molecule has 29 heavy (non-hydrogen) atoms. The molecular weight excluding hydrogens is 366 g/mol. The summed E-state index contributed by atoms with van der Waals surface area (Å²) in [6.07, 6.45) is 9.34. The summed E-state index contributed by atoms with van der Waals surface area (Å²) in [5.74, 6) is 3.34. The van der Waals surface area contributed by atoms with Gasteiger partial charge in [0, 0.05) is 38.0 Å². The third-order valence-electron chi connectivity index (χ3n) is 6.72. The van der Waals surface area contributed by atoms with E-state index in [1.165, 1.54) is 32.1 Å². The highest BCUT2D eigenvalue weighted by Gasteiger charge is 2.33. The molecule has 1 aromatic rings. The molecule has 3 fully saturated rings. The van der Waals surface area contributed by atoms with Crippen molar-refractivity contribution in [2.75, 3.05) is 26.2 Å². The number of aromatic nitrogens is 3. The van der Waals surface area contributed by atoms with E-state index in [0.717, 1.165) is 63.0 Å². The van der Waals surface area contributed by atoms with Gasteiger partial charge in [-0.25, -0.2) is 9.78 Å². The summed E-state index contributed by atoms with van der Waals surface area (Å²) in [5, 5.41) is 7.74. The van der Waals surface area contributed by atoms with Gasteiger partial charge in [-0.15, -0.1) is 0 Å². The van der Waals surface area contributed by atoms with Crippen LogP contribution < -0.4 is 0 Å². The Labute approximate surface area is 174 Å². The van der Waals surface area contributed by atoms with Gasteiger partial charge in [-0.05, 0) is 58.9 Å². The van der Waals surface area contributed by atoms with Crippen molar-refractivity contribution in [2.24, 2.45) is 5.92 Å². The Hall–Kier alpha value is -1.63. The zero-order valence-electron chi connectivity index (χ0n) is 18.3. The number of piperidine rings is 2. The van der Waals surface area contributed by atoms with Gasteiger partial charge in [0.05, 0.1) is 0 Å². The molecule has 3 heterocycles. The van der Waals surface area contributed by atoms with Crippen molar-refractivity contribution in [3.05, 3.63) is 11.6 Å². The topological polar surface area (TPSA) is 74.3 Å². The lowest BCUT2D eigenvalue weighted by Crippen LogP contribution is -2.50. The SMILES string of the molecule is CC(C)(C)OC(=O)N1CCC(N2CCCC(c3nc(CC4CCC4)n[nH]3)C2)CC1. The number of carbonyl (C=O) groups excluding carboxylic acids is 1. The highest BCUT2D eigenvalue weighted by molar-refractivity contribution is 5.68. The molecular formula is C22H37N5O2. The van der Waals surface area contributed by atoms with Gasteiger partial charge in [0.25, 0.3) is 0 Å². The van der Waals surface area contributed by atoms with E-state index in [1.807, 2.05) is 25.7 Å². The predicted molar refractivity (Wildman–Crippen MR) is 112 cm³/mol. The molecule has 3 aliphatic rings. The maximum Gasteiger partial charge on any atom is 0.410 e. The molecule has 4 rings (SSSR count). The number of ether oxygens (including phenoxy) is 1. The van der Waals surface area contributed by atoms with E-state index in [1.54, 1.807) is 0 Å². The van der Waals surface area contributed by atoms with Crippen LogP contribution in [0.5, 0.6) is 0 Å². The molecule has 1 atom stereocenters. The fraction of sp³-hybridized carbons (Fsp3) is 0.864. The number of likely N-dealkylation sites (tertiary alicyclic amines) is 2. The third kappa shape index (κ3) is 5.30. The molecule has 2 aliphatic heterocycles. The normalized spacial score (nSPS) is 25.1. The van der Waals surface area contributed by atoms with Gasteiger partial charge in [-0.1, -0.05) is 19.3 Å². The number of nitrogens with one attached hydrogen (secondary N) is 1. The molecule has 162 valence electrons. The van der Waals surface area contributed by atoms with E-state index in [9.17, 15) is 4.79 Å². The molecule has 0 radical (unpaired) electrons. The van der Waals surface area contributed by atoms with Crippen LogP contribution in [0.3, 0.4) is 0 Å². The van der Waals surface area contributed by atoms with Crippen LogP contribution in [-0.4, -0.2) is 68.9 Å². The average Bonchev–Trinajstić information content (AvgIpc) is 3.12. The summed E-state index contributed by atoms with van der Waals surface area (Å²) in [7, 11) is 0. The fourth-order valence-corrected chi connectivity index (χ4v) is 4.84. The van der Waals surface area contributed by atoms with Crippen molar-refractivity contribution in [3.8, 4) is 0 Å². The second-order valence-corrected chi connectivity index (χ2v) is 10.2. The van der Waals surface area contributed by atoms with Crippen LogP contribution in [0.2, 0.25) is 0 Å². The molecule has 1 aliphatic carbocycles. The summed E-state index contributed by atoms with van der Waals surface area (Å²) in [4.78, 5) is 21.6. The van der Waals surface area contributed by atoms with E-state index in [-0.39, 0.29) is 6.09 Å². The molecule has 0 aromatic carbocycles. The predicted octanol–water partition coefficient (Wildman–Crippen LogP) is 3.73. The molecule has 1 amide bonds. The Bertz CT molecular complexity index is 686. The van der Waals surface area contributed by atoms with Crippen molar-refractivity contribution in [3.63, 3.8) is 0 Å². The summed E-state index contributed by atoms with van der Waals surface area (Å²) < 4.78 is 5.53. The quantitative estimate of drug-likeness (QED) is 0.829. The van der Waals surface area contributed by atoms with Gasteiger partial charge >= 0.3 is 6.09 Å². The van der Waals surface area contributed by atoms with Crippen LogP contribution >= 0.6 is 0 Å². The molecule has 0 spiro atoms. The van der Waals surface area contributed by atoms with Crippen LogP contribution in [0.15, 0.2) is 0 Å². The number of nitrogens with zero attached hydrogens (tertiary/aromatic N) is 4. The molecule has 7 heteroatoms. The second kappa shape index (κ2) is 8.62. The third-order valence-corrected chi connectivity index (χ3v) is 6.72.